The average molecular weight is 304 g/mol. The number of nitrogens with one attached hydrogen (secondary N) is 1. The predicted molar refractivity (Wildman–Crippen MR) is 77.7 cm³/mol. The molecule has 1 atom stereocenters. The summed E-state index contributed by atoms with van der Waals surface area (Å²) in [6.45, 7) is 1.98. The number of methoxy groups -OCH3 is 1. The molecule has 0 radical (unpaired) electrons. The first-order chi connectivity index (χ1) is 9.83. The number of para-hydroxylation sites is 1. The van der Waals surface area contributed by atoms with Crippen LogP contribution in [-0.2, 0) is 6.42 Å². The van der Waals surface area contributed by atoms with Crippen LogP contribution in [0.15, 0.2) is 24.3 Å². The zero-order valence-electron chi connectivity index (χ0n) is 12.7. The summed E-state index contributed by atoms with van der Waals surface area (Å²) in [4.78, 5) is 2.04. The monoisotopic (exact) mass is 304 g/mol. The average Bonchev–Trinajstić information content (AvgIpc) is 2.42. The van der Waals surface area contributed by atoms with Crippen molar-refractivity contribution in [2.24, 2.45) is 0 Å². The SMILES string of the molecule is COc1ccccc1CC(C)N(C)CCNCC(F)(F)F. The normalized spacial score (nSPS) is 13.5. The number of hydrogen-bond acceptors (Lipinski definition) is 3. The summed E-state index contributed by atoms with van der Waals surface area (Å²) in [7, 11) is 3.55. The van der Waals surface area contributed by atoms with Gasteiger partial charge in [0.1, 0.15) is 5.75 Å². The lowest BCUT2D eigenvalue weighted by molar-refractivity contribution is -0.124. The zero-order valence-corrected chi connectivity index (χ0v) is 12.7. The summed E-state index contributed by atoms with van der Waals surface area (Å²) >= 11 is 0. The molecule has 0 aliphatic heterocycles. The molecule has 0 aliphatic carbocycles. The van der Waals surface area contributed by atoms with Crippen molar-refractivity contribution in [3.05, 3.63) is 29.8 Å². The largest absolute Gasteiger partial charge is 0.496 e. The Kier molecular flexibility index (Phi) is 6.98. The smallest absolute Gasteiger partial charge is 0.401 e. The highest BCUT2D eigenvalue weighted by molar-refractivity contribution is 5.33. The van der Waals surface area contributed by atoms with Gasteiger partial charge in [-0.2, -0.15) is 13.2 Å². The van der Waals surface area contributed by atoms with Crippen LogP contribution in [0.25, 0.3) is 0 Å². The molecule has 1 aromatic rings. The van der Waals surface area contributed by atoms with Crippen molar-refractivity contribution in [2.45, 2.75) is 25.6 Å². The van der Waals surface area contributed by atoms with Gasteiger partial charge in [0.25, 0.3) is 0 Å². The molecular formula is C15H23F3N2O. The topological polar surface area (TPSA) is 24.5 Å². The number of benzene rings is 1. The van der Waals surface area contributed by atoms with E-state index in [-0.39, 0.29) is 6.04 Å². The second-order valence-electron chi connectivity index (χ2n) is 5.14. The lowest BCUT2D eigenvalue weighted by atomic mass is 10.1. The van der Waals surface area contributed by atoms with Crippen molar-refractivity contribution in [2.75, 3.05) is 33.8 Å². The Hall–Kier alpha value is -1.27. The molecule has 1 aromatic carbocycles. The standard InChI is InChI=1S/C15H23F3N2O/c1-12(10-13-6-4-5-7-14(13)21-3)20(2)9-8-19-11-15(16,17)18/h4-7,12,19H,8-11H2,1-3H3. The third-order valence-corrected chi connectivity index (χ3v) is 3.43. The van der Waals surface area contributed by atoms with Crippen LogP contribution < -0.4 is 10.1 Å². The Balaban J connectivity index is 2.39. The van der Waals surface area contributed by atoms with E-state index in [0.29, 0.717) is 13.1 Å². The number of ether oxygens (including phenoxy) is 1. The molecule has 120 valence electrons. The van der Waals surface area contributed by atoms with Crippen molar-refractivity contribution in [3.63, 3.8) is 0 Å². The quantitative estimate of drug-likeness (QED) is 0.747. The highest BCUT2D eigenvalue weighted by atomic mass is 19.4. The number of likely N-dealkylation sites (N-methyl/N-ethyl adjacent to an activating group) is 1. The van der Waals surface area contributed by atoms with Gasteiger partial charge in [0.2, 0.25) is 0 Å². The molecular weight excluding hydrogens is 281 g/mol. The van der Waals surface area contributed by atoms with Crippen LogP contribution in [0.1, 0.15) is 12.5 Å². The van der Waals surface area contributed by atoms with Gasteiger partial charge >= 0.3 is 6.18 Å². The minimum atomic E-state index is -4.15. The Morgan fingerprint density at radius 1 is 1.29 bits per heavy atom. The summed E-state index contributed by atoms with van der Waals surface area (Å²) in [5, 5.41) is 2.41. The maximum atomic E-state index is 12.0. The second-order valence-corrected chi connectivity index (χ2v) is 5.14. The third kappa shape index (κ3) is 6.82. The van der Waals surface area contributed by atoms with Gasteiger partial charge in [-0.3, -0.25) is 0 Å². The summed E-state index contributed by atoms with van der Waals surface area (Å²) in [6, 6.07) is 8.00. The highest BCUT2D eigenvalue weighted by Gasteiger charge is 2.26. The number of nitrogens with zero attached hydrogens (tertiary/aromatic N) is 1. The first-order valence-electron chi connectivity index (χ1n) is 6.93. The molecule has 0 aromatic heterocycles. The molecule has 3 nitrogen and oxygen atoms in total. The van der Waals surface area contributed by atoms with E-state index in [0.717, 1.165) is 17.7 Å². The fourth-order valence-electron chi connectivity index (χ4n) is 2.05. The molecule has 0 bridgehead atoms. The van der Waals surface area contributed by atoms with Gasteiger partial charge in [-0.15, -0.1) is 0 Å². The molecule has 0 saturated heterocycles. The first kappa shape index (κ1) is 17.8. The second kappa shape index (κ2) is 8.24. The van der Waals surface area contributed by atoms with Gasteiger partial charge in [0.15, 0.2) is 0 Å². The molecule has 0 aliphatic rings. The van der Waals surface area contributed by atoms with Gasteiger partial charge in [0.05, 0.1) is 13.7 Å². The van der Waals surface area contributed by atoms with Crippen LogP contribution in [0.2, 0.25) is 0 Å². The molecule has 0 fully saturated rings. The molecule has 0 saturated carbocycles. The number of alkyl halides is 3. The molecule has 1 unspecified atom stereocenters. The van der Waals surface area contributed by atoms with Crippen molar-refractivity contribution in [1.82, 2.24) is 10.2 Å². The van der Waals surface area contributed by atoms with E-state index in [1.807, 2.05) is 36.2 Å². The number of hydrogen-bond donors (Lipinski definition) is 1. The third-order valence-electron chi connectivity index (χ3n) is 3.43. The van der Waals surface area contributed by atoms with E-state index in [4.69, 9.17) is 4.74 Å². The molecule has 21 heavy (non-hydrogen) atoms. The summed E-state index contributed by atoms with van der Waals surface area (Å²) < 4.78 is 41.4. The molecule has 0 amide bonds. The highest BCUT2D eigenvalue weighted by Crippen LogP contribution is 2.20. The summed E-state index contributed by atoms with van der Waals surface area (Å²) in [5.41, 5.74) is 1.10. The summed E-state index contributed by atoms with van der Waals surface area (Å²) in [5.74, 6) is 0.841. The van der Waals surface area contributed by atoms with Crippen LogP contribution in [0.4, 0.5) is 13.2 Å². The van der Waals surface area contributed by atoms with Gasteiger partial charge in [0, 0.05) is 19.1 Å². The van der Waals surface area contributed by atoms with E-state index in [1.54, 1.807) is 7.11 Å². The fourth-order valence-corrected chi connectivity index (χ4v) is 2.05. The van der Waals surface area contributed by atoms with Crippen molar-refractivity contribution in [3.8, 4) is 5.75 Å². The van der Waals surface area contributed by atoms with E-state index in [1.165, 1.54) is 0 Å². The van der Waals surface area contributed by atoms with Gasteiger partial charge < -0.3 is 15.0 Å². The Morgan fingerprint density at radius 2 is 1.95 bits per heavy atom. The minimum Gasteiger partial charge on any atom is -0.496 e. The minimum absolute atomic E-state index is 0.217. The molecule has 0 spiro atoms. The fraction of sp³-hybridized carbons (Fsp3) is 0.600. The van der Waals surface area contributed by atoms with Crippen LogP contribution in [-0.4, -0.2) is 50.9 Å². The van der Waals surface area contributed by atoms with Crippen LogP contribution in [0.3, 0.4) is 0 Å². The van der Waals surface area contributed by atoms with Crippen molar-refractivity contribution >= 4 is 0 Å². The van der Waals surface area contributed by atoms with Gasteiger partial charge in [-0.05, 0) is 32.0 Å². The number of rotatable bonds is 8. The van der Waals surface area contributed by atoms with E-state index >= 15 is 0 Å². The maximum Gasteiger partial charge on any atom is 0.401 e. The van der Waals surface area contributed by atoms with Crippen LogP contribution in [0, 0.1) is 0 Å². The number of halogens is 3. The summed E-state index contributed by atoms with van der Waals surface area (Å²) in [6.07, 6.45) is -3.36. The van der Waals surface area contributed by atoms with Gasteiger partial charge in [-0.25, -0.2) is 0 Å². The van der Waals surface area contributed by atoms with Crippen LogP contribution >= 0.6 is 0 Å². The maximum absolute atomic E-state index is 12.0. The van der Waals surface area contributed by atoms with E-state index in [2.05, 4.69) is 12.2 Å². The van der Waals surface area contributed by atoms with E-state index < -0.39 is 12.7 Å². The van der Waals surface area contributed by atoms with E-state index in [9.17, 15) is 13.2 Å². The lowest BCUT2D eigenvalue weighted by Gasteiger charge is -2.25. The molecule has 1 N–H and O–H groups in total. The van der Waals surface area contributed by atoms with Crippen molar-refractivity contribution < 1.29 is 17.9 Å². The lowest BCUT2D eigenvalue weighted by Crippen LogP contribution is -2.39. The zero-order chi connectivity index (χ0) is 15.9. The Bertz CT molecular complexity index is 424. The Labute approximate surface area is 124 Å². The van der Waals surface area contributed by atoms with Gasteiger partial charge in [-0.1, -0.05) is 18.2 Å². The first-order valence-corrected chi connectivity index (χ1v) is 6.93. The van der Waals surface area contributed by atoms with Crippen molar-refractivity contribution in [1.29, 1.82) is 0 Å². The Morgan fingerprint density at radius 3 is 2.57 bits per heavy atom. The molecule has 0 heterocycles. The molecule has 1 rings (SSSR count). The van der Waals surface area contributed by atoms with Crippen LogP contribution in [0.5, 0.6) is 5.75 Å². The predicted octanol–water partition coefficient (Wildman–Crippen LogP) is 2.71. The molecule has 6 heteroatoms.